The maximum atomic E-state index is 10.9. The number of rotatable bonds is 0. The van der Waals surface area contributed by atoms with Crippen LogP contribution in [0.3, 0.4) is 0 Å². The number of carbonyl (C=O) groups is 1. The van der Waals surface area contributed by atoms with E-state index >= 15 is 0 Å². The van der Waals surface area contributed by atoms with Crippen LogP contribution in [0.5, 0.6) is 0 Å². The van der Waals surface area contributed by atoms with Crippen molar-refractivity contribution in [1.82, 2.24) is 4.57 Å². The summed E-state index contributed by atoms with van der Waals surface area (Å²) in [7, 11) is 0. The molecule has 0 atom stereocenters. The summed E-state index contributed by atoms with van der Waals surface area (Å²) in [6.07, 6.45) is 3.35. The van der Waals surface area contributed by atoms with Crippen LogP contribution in [0.2, 0.25) is 0 Å². The van der Waals surface area contributed by atoms with Crippen molar-refractivity contribution in [3.8, 4) is 11.8 Å². The summed E-state index contributed by atoms with van der Waals surface area (Å²) >= 11 is 0. The van der Waals surface area contributed by atoms with Gasteiger partial charge in [-0.15, -0.1) is 0 Å². The molecule has 0 saturated heterocycles. The Morgan fingerprint density at radius 1 is 1.40 bits per heavy atom. The van der Waals surface area contributed by atoms with Crippen molar-refractivity contribution in [3.05, 3.63) is 24.5 Å². The van der Waals surface area contributed by atoms with Gasteiger partial charge in [-0.25, -0.2) is 0 Å². The molecule has 0 fully saturated rings. The number of hydrogen-bond acceptors (Lipinski definition) is 1. The molecule has 0 amide bonds. The molecular formula is C8H7NO. The summed E-state index contributed by atoms with van der Waals surface area (Å²) in [6.45, 7) is 1.64. The van der Waals surface area contributed by atoms with Crippen LogP contribution in [-0.2, 0) is 0 Å². The van der Waals surface area contributed by atoms with E-state index in [1.165, 1.54) is 4.57 Å². The largest absolute Gasteiger partial charge is 0.306 e. The maximum absolute atomic E-state index is 10.9. The monoisotopic (exact) mass is 133 g/mol. The van der Waals surface area contributed by atoms with Gasteiger partial charge in [-0.3, -0.25) is 9.36 Å². The SMILES string of the molecule is CC#CC(=O)n1cccc1. The number of aromatic nitrogens is 1. The first-order chi connectivity index (χ1) is 4.84. The van der Waals surface area contributed by atoms with Gasteiger partial charge >= 0.3 is 5.91 Å². The van der Waals surface area contributed by atoms with Gasteiger partial charge in [0.15, 0.2) is 0 Å². The minimum absolute atomic E-state index is 0.187. The van der Waals surface area contributed by atoms with E-state index in [0.29, 0.717) is 0 Å². The second-order valence-corrected chi connectivity index (χ2v) is 1.77. The topological polar surface area (TPSA) is 22.0 Å². The molecule has 0 aliphatic carbocycles. The molecule has 1 rings (SSSR count). The smallest absolute Gasteiger partial charge is 0.284 e. The Kier molecular flexibility index (Phi) is 1.91. The minimum Gasteiger partial charge on any atom is -0.284 e. The third-order valence-corrected chi connectivity index (χ3v) is 1.07. The highest BCUT2D eigenvalue weighted by molar-refractivity contribution is 5.95. The van der Waals surface area contributed by atoms with E-state index in [4.69, 9.17) is 0 Å². The maximum Gasteiger partial charge on any atom is 0.306 e. The van der Waals surface area contributed by atoms with E-state index in [-0.39, 0.29) is 5.91 Å². The van der Waals surface area contributed by atoms with E-state index in [0.717, 1.165) is 0 Å². The third-order valence-electron chi connectivity index (χ3n) is 1.07. The zero-order chi connectivity index (χ0) is 7.40. The van der Waals surface area contributed by atoms with Gasteiger partial charge in [0, 0.05) is 12.4 Å². The van der Waals surface area contributed by atoms with Gasteiger partial charge in [-0.05, 0) is 25.0 Å². The summed E-state index contributed by atoms with van der Waals surface area (Å²) in [4.78, 5) is 10.9. The molecule has 1 aromatic heterocycles. The van der Waals surface area contributed by atoms with Gasteiger partial charge in [0.1, 0.15) is 0 Å². The third kappa shape index (κ3) is 1.26. The van der Waals surface area contributed by atoms with Gasteiger partial charge in [0.25, 0.3) is 0 Å². The Morgan fingerprint density at radius 2 is 2.00 bits per heavy atom. The van der Waals surface area contributed by atoms with Gasteiger partial charge in [-0.2, -0.15) is 0 Å². The molecule has 0 N–H and O–H groups in total. The van der Waals surface area contributed by atoms with Crippen LogP contribution >= 0.6 is 0 Å². The van der Waals surface area contributed by atoms with Crippen molar-refractivity contribution < 1.29 is 4.79 Å². The van der Waals surface area contributed by atoms with E-state index < -0.39 is 0 Å². The molecule has 0 bridgehead atoms. The average Bonchev–Trinajstić information content (AvgIpc) is 2.38. The molecule has 0 saturated carbocycles. The lowest BCUT2D eigenvalue weighted by molar-refractivity contribution is 0.0980. The fourth-order valence-corrected chi connectivity index (χ4v) is 0.641. The Labute approximate surface area is 59.5 Å². The predicted octanol–water partition coefficient (Wildman–Crippen LogP) is 1.15. The van der Waals surface area contributed by atoms with Crippen molar-refractivity contribution in [1.29, 1.82) is 0 Å². The fourth-order valence-electron chi connectivity index (χ4n) is 0.641. The highest BCUT2D eigenvalue weighted by Crippen LogP contribution is 1.87. The van der Waals surface area contributed by atoms with Crippen LogP contribution in [-0.4, -0.2) is 10.5 Å². The van der Waals surface area contributed by atoms with Crippen molar-refractivity contribution in [3.63, 3.8) is 0 Å². The lowest BCUT2D eigenvalue weighted by Gasteiger charge is -1.88. The normalized spacial score (nSPS) is 8.10. The van der Waals surface area contributed by atoms with Crippen LogP contribution in [0.15, 0.2) is 24.5 Å². The average molecular weight is 133 g/mol. The number of carbonyl (C=O) groups excluding carboxylic acids is 1. The van der Waals surface area contributed by atoms with Crippen molar-refractivity contribution >= 4 is 5.91 Å². The van der Waals surface area contributed by atoms with Crippen LogP contribution in [0.1, 0.15) is 11.7 Å². The van der Waals surface area contributed by atoms with Crippen LogP contribution in [0.25, 0.3) is 0 Å². The molecular weight excluding hydrogens is 126 g/mol. The summed E-state index contributed by atoms with van der Waals surface area (Å²) in [5, 5.41) is 0. The molecule has 10 heavy (non-hydrogen) atoms. The molecule has 1 heterocycles. The Balaban J connectivity index is 2.85. The molecule has 2 nitrogen and oxygen atoms in total. The molecule has 0 radical (unpaired) electrons. The zero-order valence-electron chi connectivity index (χ0n) is 5.66. The highest BCUT2D eigenvalue weighted by Gasteiger charge is 1.94. The molecule has 0 aliphatic heterocycles. The lowest BCUT2D eigenvalue weighted by Crippen LogP contribution is -2.03. The summed E-state index contributed by atoms with van der Waals surface area (Å²) in [6, 6.07) is 3.57. The molecule has 0 aliphatic rings. The Morgan fingerprint density at radius 3 is 2.50 bits per heavy atom. The first-order valence-electron chi connectivity index (χ1n) is 2.94. The summed E-state index contributed by atoms with van der Waals surface area (Å²) in [5.74, 6) is 4.77. The van der Waals surface area contributed by atoms with Gasteiger partial charge in [0.05, 0.1) is 0 Å². The van der Waals surface area contributed by atoms with Crippen LogP contribution in [0.4, 0.5) is 0 Å². The molecule has 0 aromatic carbocycles. The zero-order valence-corrected chi connectivity index (χ0v) is 5.66. The van der Waals surface area contributed by atoms with Crippen molar-refractivity contribution in [2.24, 2.45) is 0 Å². The fraction of sp³-hybridized carbons (Fsp3) is 0.125. The number of hydrogen-bond donors (Lipinski definition) is 0. The molecule has 2 heteroatoms. The molecule has 50 valence electrons. The van der Waals surface area contributed by atoms with Crippen LogP contribution in [0, 0.1) is 11.8 Å². The standard InChI is InChI=1S/C8H7NO/c1-2-5-8(10)9-6-3-4-7-9/h3-4,6-7H,1H3. The van der Waals surface area contributed by atoms with Gasteiger partial charge < -0.3 is 0 Å². The highest BCUT2D eigenvalue weighted by atomic mass is 16.1. The summed E-state index contributed by atoms with van der Waals surface area (Å²) < 4.78 is 1.44. The van der Waals surface area contributed by atoms with E-state index in [2.05, 4.69) is 11.8 Å². The quantitative estimate of drug-likeness (QED) is 0.486. The second-order valence-electron chi connectivity index (χ2n) is 1.77. The van der Waals surface area contributed by atoms with E-state index in [1.54, 1.807) is 31.5 Å². The Bertz CT molecular complexity index is 274. The van der Waals surface area contributed by atoms with Crippen molar-refractivity contribution in [2.45, 2.75) is 6.92 Å². The summed E-state index contributed by atoms with van der Waals surface area (Å²) in [5.41, 5.74) is 0. The van der Waals surface area contributed by atoms with Crippen LogP contribution < -0.4 is 0 Å². The lowest BCUT2D eigenvalue weighted by atomic mass is 10.5. The van der Waals surface area contributed by atoms with E-state index in [9.17, 15) is 4.79 Å². The number of nitrogens with zero attached hydrogens (tertiary/aromatic N) is 1. The molecule has 1 aromatic rings. The molecule has 0 spiro atoms. The first kappa shape index (κ1) is 6.63. The first-order valence-corrected chi connectivity index (χ1v) is 2.94. The van der Waals surface area contributed by atoms with Crippen molar-refractivity contribution in [2.75, 3.05) is 0 Å². The molecule has 0 unspecified atom stereocenters. The van der Waals surface area contributed by atoms with Gasteiger partial charge in [-0.1, -0.05) is 5.92 Å². The Hall–Kier alpha value is -1.49. The second kappa shape index (κ2) is 2.88. The predicted molar refractivity (Wildman–Crippen MR) is 38.5 cm³/mol. The van der Waals surface area contributed by atoms with Gasteiger partial charge in [0.2, 0.25) is 0 Å². The minimum atomic E-state index is -0.187. The van der Waals surface area contributed by atoms with E-state index in [1.807, 2.05) is 0 Å².